The number of carbonyl (C=O) groups is 3. The van der Waals surface area contributed by atoms with Crippen LogP contribution < -0.4 is 10.6 Å². The molecule has 2 atom stereocenters. The van der Waals surface area contributed by atoms with Gasteiger partial charge >= 0.3 is 12.1 Å². The number of ether oxygens (including phenoxy) is 1. The highest BCUT2D eigenvalue weighted by Crippen LogP contribution is 2.44. The van der Waals surface area contributed by atoms with Crippen LogP contribution >= 0.6 is 0 Å². The third-order valence-corrected chi connectivity index (χ3v) is 6.62. The average Bonchev–Trinajstić information content (AvgIpc) is 3.09. The molecule has 1 aliphatic rings. The second-order valence-electron chi connectivity index (χ2n) is 10.6. The quantitative estimate of drug-likeness (QED) is 0.471. The number of hydrogen-bond acceptors (Lipinski definition) is 4. The van der Waals surface area contributed by atoms with E-state index >= 15 is 0 Å². The van der Waals surface area contributed by atoms with Crippen molar-refractivity contribution in [2.45, 2.75) is 65.5 Å². The molecule has 0 spiro atoms. The molecule has 2 aromatic carbocycles. The Hall–Kier alpha value is -3.35. The summed E-state index contributed by atoms with van der Waals surface area (Å²) in [6.45, 7) is 9.73. The van der Waals surface area contributed by atoms with Crippen molar-refractivity contribution in [3.63, 3.8) is 0 Å². The van der Waals surface area contributed by atoms with Gasteiger partial charge in [0, 0.05) is 24.4 Å². The molecule has 0 aromatic heterocycles. The van der Waals surface area contributed by atoms with E-state index in [1.165, 1.54) is 0 Å². The predicted octanol–water partition coefficient (Wildman–Crippen LogP) is 4.95. The summed E-state index contributed by atoms with van der Waals surface area (Å²) in [6.07, 6.45) is -0.703. The van der Waals surface area contributed by atoms with Crippen molar-refractivity contribution in [2.24, 2.45) is 11.3 Å². The van der Waals surface area contributed by atoms with Crippen molar-refractivity contribution in [3.05, 3.63) is 59.7 Å². The van der Waals surface area contributed by atoms with Gasteiger partial charge in [-0.15, -0.1) is 0 Å². The first-order valence-electron chi connectivity index (χ1n) is 12.1. The van der Waals surface area contributed by atoms with E-state index in [9.17, 15) is 14.4 Å². The van der Waals surface area contributed by atoms with E-state index in [2.05, 4.69) is 34.9 Å². The van der Waals surface area contributed by atoms with E-state index in [1.807, 2.05) is 58.9 Å². The van der Waals surface area contributed by atoms with Gasteiger partial charge in [0.15, 0.2) is 0 Å². The van der Waals surface area contributed by atoms with Gasteiger partial charge in [-0.1, -0.05) is 83.1 Å². The van der Waals surface area contributed by atoms with E-state index in [1.54, 1.807) is 0 Å². The lowest BCUT2D eigenvalue weighted by Crippen LogP contribution is -2.49. The smallest absolute Gasteiger partial charge is 0.407 e. The molecule has 0 bridgehead atoms. The molecule has 0 saturated carbocycles. The Bertz CT molecular complexity index is 1030. The molecule has 2 amide bonds. The first kappa shape index (κ1) is 26.3. The average molecular weight is 481 g/mol. The van der Waals surface area contributed by atoms with Crippen molar-refractivity contribution in [2.75, 3.05) is 6.61 Å². The molecule has 3 rings (SSSR count). The number of amides is 2. The van der Waals surface area contributed by atoms with Crippen molar-refractivity contribution < 1.29 is 24.2 Å². The first-order valence-corrected chi connectivity index (χ1v) is 12.1. The van der Waals surface area contributed by atoms with Crippen LogP contribution in [0.15, 0.2) is 48.5 Å². The molecule has 2 aromatic rings. The number of rotatable bonds is 9. The minimum atomic E-state index is -0.965. The van der Waals surface area contributed by atoms with Crippen molar-refractivity contribution in [3.8, 4) is 11.1 Å². The monoisotopic (exact) mass is 480 g/mol. The molecule has 7 heteroatoms. The van der Waals surface area contributed by atoms with Crippen LogP contribution in [0.1, 0.15) is 64.5 Å². The Balaban J connectivity index is 1.64. The standard InChI is InChI=1S/C28H36N2O5/c1-17(2)23(14-26(32)33)29-25(31)15-24(28(3,4)5)30-27(34)35-16-22-20-12-8-6-10-18(20)19-11-7-9-13-21(19)22/h6-13,17,22-24H,14-16H2,1-5H3,(H,29,31)(H,30,34)(H,32,33). The lowest BCUT2D eigenvalue weighted by Gasteiger charge is -2.31. The normalized spacial score (nSPS) is 14.6. The van der Waals surface area contributed by atoms with Crippen LogP contribution in [0.3, 0.4) is 0 Å². The number of aliphatic carboxylic acids is 1. The Morgan fingerprint density at radius 1 is 0.914 bits per heavy atom. The zero-order valence-corrected chi connectivity index (χ0v) is 21.1. The van der Waals surface area contributed by atoms with Gasteiger partial charge in [0.1, 0.15) is 6.61 Å². The predicted molar refractivity (Wildman–Crippen MR) is 135 cm³/mol. The molecule has 3 N–H and O–H groups in total. The number of nitrogens with one attached hydrogen (secondary N) is 2. The van der Waals surface area contributed by atoms with Gasteiger partial charge in [-0.25, -0.2) is 4.79 Å². The van der Waals surface area contributed by atoms with Crippen LogP contribution in [0.5, 0.6) is 0 Å². The van der Waals surface area contributed by atoms with Crippen LogP contribution in [-0.4, -0.2) is 41.8 Å². The molecule has 0 heterocycles. The van der Waals surface area contributed by atoms with E-state index in [0.29, 0.717) is 0 Å². The maximum atomic E-state index is 12.8. The zero-order chi connectivity index (χ0) is 25.8. The van der Waals surface area contributed by atoms with Gasteiger partial charge in [0.05, 0.1) is 6.42 Å². The third kappa shape index (κ3) is 6.62. The van der Waals surface area contributed by atoms with E-state index in [-0.39, 0.29) is 37.2 Å². The fraction of sp³-hybridized carbons (Fsp3) is 0.464. The molecule has 0 saturated heterocycles. The van der Waals surface area contributed by atoms with Crippen molar-refractivity contribution >= 4 is 18.0 Å². The zero-order valence-electron chi connectivity index (χ0n) is 21.1. The largest absolute Gasteiger partial charge is 0.481 e. The highest BCUT2D eigenvalue weighted by molar-refractivity contribution is 5.80. The van der Waals surface area contributed by atoms with Gasteiger partial charge in [0.25, 0.3) is 0 Å². The number of carboxylic acids is 1. The number of hydrogen-bond donors (Lipinski definition) is 3. The van der Waals surface area contributed by atoms with Crippen LogP contribution in [0.2, 0.25) is 0 Å². The van der Waals surface area contributed by atoms with Gasteiger partial charge < -0.3 is 20.5 Å². The molecule has 0 aliphatic heterocycles. The third-order valence-electron chi connectivity index (χ3n) is 6.62. The molecule has 2 unspecified atom stereocenters. The summed E-state index contributed by atoms with van der Waals surface area (Å²) in [4.78, 5) is 36.7. The van der Waals surface area contributed by atoms with Gasteiger partial charge in [-0.2, -0.15) is 0 Å². The summed E-state index contributed by atoms with van der Waals surface area (Å²) < 4.78 is 5.66. The highest BCUT2D eigenvalue weighted by Gasteiger charge is 2.32. The second kappa shape index (κ2) is 10.9. The molecular weight excluding hydrogens is 444 g/mol. The maximum Gasteiger partial charge on any atom is 0.407 e. The van der Waals surface area contributed by atoms with E-state index in [0.717, 1.165) is 22.3 Å². The van der Waals surface area contributed by atoms with Crippen LogP contribution in [0, 0.1) is 11.3 Å². The van der Waals surface area contributed by atoms with Gasteiger partial charge in [0.2, 0.25) is 5.91 Å². The number of alkyl carbamates (subject to hydrolysis) is 1. The molecule has 7 nitrogen and oxygen atoms in total. The summed E-state index contributed by atoms with van der Waals surface area (Å²) in [5.74, 6) is -1.34. The summed E-state index contributed by atoms with van der Waals surface area (Å²) in [5.41, 5.74) is 4.16. The molecule has 188 valence electrons. The Labute approximate surface area is 207 Å². The lowest BCUT2D eigenvalue weighted by molar-refractivity contribution is -0.138. The molecule has 0 radical (unpaired) electrons. The van der Waals surface area contributed by atoms with Gasteiger partial charge in [-0.3, -0.25) is 9.59 Å². The number of benzene rings is 2. The van der Waals surface area contributed by atoms with Crippen molar-refractivity contribution in [1.82, 2.24) is 10.6 Å². The fourth-order valence-corrected chi connectivity index (χ4v) is 4.45. The second-order valence-corrected chi connectivity index (χ2v) is 10.6. The summed E-state index contributed by atoms with van der Waals surface area (Å²) >= 11 is 0. The fourth-order valence-electron chi connectivity index (χ4n) is 4.45. The lowest BCUT2D eigenvalue weighted by atomic mass is 9.84. The molecule has 0 fully saturated rings. The van der Waals surface area contributed by atoms with Crippen molar-refractivity contribution in [1.29, 1.82) is 0 Å². The molecular formula is C28H36N2O5. The summed E-state index contributed by atoms with van der Waals surface area (Å²) in [5, 5.41) is 14.8. The molecule has 1 aliphatic carbocycles. The minimum absolute atomic E-state index is 0.0243. The van der Waals surface area contributed by atoms with Crippen LogP contribution in [0.4, 0.5) is 4.79 Å². The molecule has 35 heavy (non-hydrogen) atoms. The van der Waals surface area contributed by atoms with Gasteiger partial charge in [-0.05, 0) is 33.6 Å². The number of fused-ring (bicyclic) bond motifs is 3. The Morgan fingerprint density at radius 2 is 1.46 bits per heavy atom. The highest BCUT2D eigenvalue weighted by atomic mass is 16.5. The number of carbonyl (C=O) groups excluding carboxylic acids is 2. The minimum Gasteiger partial charge on any atom is -0.481 e. The van der Waals surface area contributed by atoms with Crippen LogP contribution in [-0.2, 0) is 14.3 Å². The summed E-state index contributed by atoms with van der Waals surface area (Å²) in [6, 6.07) is 15.3. The van der Waals surface area contributed by atoms with Crippen LogP contribution in [0.25, 0.3) is 11.1 Å². The first-order chi connectivity index (χ1) is 16.5. The van der Waals surface area contributed by atoms with E-state index in [4.69, 9.17) is 9.84 Å². The Kier molecular flexibility index (Phi) is 8.20. The van der Waals surface area contributed by atoms with E-state index < -0.39 is 29.6 Å². The Morgan fingerprint density at radius 3 is 1.94 bits per heavy atom. The SMILES string of the molecule is CC(C)C(CC(=O)O)NC(=O)CC(NC(=O)OCC1c2ccccc2-c2ccccc21)C(C)(C)C. The summed E-state index contributed by atoms with van der Waals surface area (Å²) in [7, 11) is 0. The number of carboxylic acid groups (broad SMARTS) is 1. The topological polar surface area (TPSA) is 105 Å². The maximum absolute atomic E-state index is 12.8.